The molecule has 1 atom stereocenters. The van der Waals surface area contributed by atoms with Crippen molar-refractivity contribution in [1.82, 2.24) is 14.5 Å². The number of thiazole rings is 1. The number of hydrogen-bond donors (Lipinski definition) is 1. The second kappa shape index (κ2) is 5.64. The highest BCUT2D eigenvalue weighted by Gasteiger charge is 2.19. The molecule has 102 valence electrons. The average molecular weight is 305 g/mol. The lowest BCUT2D eigenvalue weighted by Crippen LogP contribution is -2.16. The van der Waals surface area contributed by atoms with Crippen LogP contribution in [-0.2, 0) is 7.05 Å². The van der Waals surface area contributed by atoms with E-state index in [0.29, 0.717) is 5.02 Å². The molecule has 0 radical (unpaired) electrons. The van der Waals surface area contributed by atoms with E-state index in [1.165, 1.54) is 0 Å². The minimum atomic E-state index is -0.0835. The van der Waals surface area contributed by atoms with Crippen LogP contribution in [-0.4, -0.2) is 14.5 Å². The maximum absolute atomic E-state index is 6.10. The first-order valence-electron chi connectivity index (χ1n) is 6.13. The van der Waals surface area contributed by atoms with Crippen LogP contribution in [0.5, 0.6) is 0 Å². The van der Waals surface area contributed by atoms with Gasteiger partial charge in [0.1, 0.15) is 11.9 Å². The van der Waals surface area contributed by atoms with Crippen molar-refractivity contribution in [3.63, 3.8) is 0 Å². The number of rotatable bonds is 4. The Bertz CT molecular complexity index is 693. The van der Waals surface area contributed by atoms with Crippen molar-refractivity contribution in [3.8, 4) is 0 Å². The van der Waals surface area contributed by atoms with E-state index >= 15 is 0 Å². The fourth-order valence-electron chi connectivity index (χ4n) is 2.06. The number of hydrogen-bond acceptors (Lipinski definition) is 4. The lowest BCUT2D eigenvalue weighted by molar-refractivity contribution is 0.748. The third kappa shape index (κ3) is 2.69. The first-order chi connectivity index (χ1) is 9.74. The Balaban J connectivity index is 2.01. The summed E-state index contributed by atoms with van der Waals surface area (Å²) in [6.07, 6.45) is 5.49. The predicted octanol–water partition coefficient (Wildman–Crippen LogP) is 3.73. The zero-order valence-electron chi connectivity index (χ0n) is 10.8. The van der Waals surface area contributed by atoms with Crippen LogP contribution in [0.1, 0.15) is 17.4 Å². The Morgan fingerprint density at radius 2 is 2.20 bits per heavy atom. The lowest BCUT2D eigenvalue weighted by Gasteiger charge is -2.18. The molecular formula is C14H13ClN4S. The zero-order valence-corrected chi connectivity index (χ0v) is 12.4. The van der Waals surface area contributed by atoms with Crippen LogP contribution in [0.2, 0.25) is 5.02 Å². The Morgan fingerprint density at radius 1 is 1.30 bits per heavy atom. The number of aryl methyl sites for hydroxylation is 1. The highest BCUT2D eigenvalue weighted by Crippen LogP contribution is 2.27. The second-order valence-electron chi connectivity index (χ2n) is 4.37. The van der Waals surface area contributed by atoms with Crippen molar-refractivity contribution in [3.05, 3.63) is 64.6 Å². The van der Waals surface area contributed by atoms with Gasteiger partial charge in [-0.3, -0.25) is 0 Å². The molecular weight excluding hydrogens is 292 g/mol. The van der Waals surface area contributed by atoms with Gasteiger partial charge in [0.05, 0.1) is 0 Å². The monoisotopic (exact) mass is 304 g/mol. The van der Waals surface area contributed by atoms with E-state index in [-0.39, 0.29) is 6.04 Å². The maximum atomic E-state index is 6.10. The van der Waals surface area contributed by atoms with Gasteiger partial charge in [-0.05, 0) is 17.7 Å². The average Bonchev–Trinajstić information content (AvgIpc) is 3.07. The molecule has 20 heavy (non-hydrogen) atoms. The normalized spacial score (nSPS) is 12.3. The first kappa shape index (κ1) is 13.1. The molecule has 0 aliphatic carbocycles. The highest BCUT2D eigenvalue weighted by molar-refractivity contribution is 7.13. The van der Waals surface area contributed by atoms with E-state index < -0.39 is 0 Å². The quantitative estimate of drug-likeness (QED) is 0.798. The van der Waals surface area contributed by atoms with Gasteiger partial charge in [-0.15, -0.1) is 11.3 Å². The third-order valence-corrected chi connectivity index (χ3v) is 3.94. The van der Waals surface area contributed by atoms with Crippen LogP contribution in [0.4, 0.5) is 5.13 Å². The molecule has 1 unspecified atom stereocenters. The molecule has 0 saturated carbocycles. The molecule has 2 aromatic heterocycles. The van der Waals surface area contributed by atoms with Gasteiger partial charge in [0.2, 0.25) is 0 Å². The molecule has 6 heteroatoms. The van der Waals surface area contributed by atoms with Crippen molar-refractivity contribution in [1.29, 1.82) is 0 Å². The number of nitrogens with zero attached hydrogens (tertiary/aromatic N) is 3. The van der Waals surface area contributed by atoms with Gasteiger partial charge in [0, 0.05) is 36.0 Å². The molecule has 0 amide bonds. The number of nitrogens with one attached hydrogen (secondary N) is 1. The summed E-state index contributed by atoms with van der Waals surface area (Å²) >= 11 is 7.66. The van der Waals surface area contributed by atoms with Crippen LogP contribution < -0.4 is 5.32 Å². The summed E-state index contributed by atoms with van der Waals surface area (Å²) in [6, 6.07) is 7.70. The van der Waals surface area contributed by atoms with Gasteiger partial charge in [-0.1, -0.05) is 23.7 Å². The maximum Gasteiger partial charge on any atom is 0.183 e. The molecule has 3 rings (SSSR count). The van der Waals surface area contributed by atoms with Crippen LogP contribution >= 0.6 is 22.9 Å². The number of benzene rings is 1. The van der Waals surface area contributed by atoms with Crippen LogP contribution in [0.15, 0.2) is 48.2 Å². The number of anilines is 1. The van der Waals surface area contributed by atoms with E-state index in [4.69, 9.17) is 11.6 Å². The molecule has 1 N–H and O–H groups in total. The van der Waals surface area contributed by atoms with E-state index in [0.717, 1.165) is 16.5 Å². The standard InChI is InChI=1S/C14H13ClN4S/c1-19-7-5-16-13(19)12(18-14-17-6-8-20-14)10-3-2-4-11(15)9-10/h2-9,12H,1H3,(H,17,18). The van der Waals surface area contributed by atoms with E-state index in [1.54, 1.807) is 23.7 Å². The molecule has 0 aliphatic rings. The van der Waals surface area contributed by atoms with E-state index in [2.05, 4.69) is 15.3 Å². The van der Waals surface area contributed by atoms with E-state index in [9.17, 15) is 0 Å². The number of imidazole rings is 1. The molecule has 0 fully saturated rings. The Hall–Kier alpha value is -1.85. The molecule has 0 aliphatic heterocycles. The molecule has 0 saturated heterocycles. The van der Waals surface area contributed by atoms with Gasteiger partial charge in [-0.25, -0.2) is 9.97 Å². The Morgan fingerprint density at radius 3 is 2.85 bits per heavy atom. The summed E-state index contributed by atoms with van der Waals surface area (Å²) < 4.78 is 1.99. The first-order valence-corrected chi connectivity index (χ1v) is 7.38. The van der Waals surface area contributed by atoms with Crippen molar-refractivity contribution in [2.45, 2.75) is 6.04 Å². The molecule has 0 bridgehead atoms. The minimum Gasteiger partial charge on any atom is -0.348 e. The van der Waals surface area contributed by atoms with Gasteiger partial charge in [-0.2, -0.15) is 0 Å². The van der Waals surface area contributed by atoms with Gasteiger partial charge in [0.15, 0.2) is 5.13 Å². The van der Waals surface area contributed by atoms with Gasteiger partial charge >= 0.3 is 0 Å². The lowest BCUT2D eigenvalue weighted by atomic mass is 10.1. The molecule has 3 aromatic rings. The molecule has 0 spiro atoms. The molecule has 1 aromatic carbocycles. The summed E-state index contributed by atoms with van der Waals surface area (Å²) in [7, 11) is 1.98. The summed E-state index contributed by atoms with van der Waals surface area (Å²) in [6.45, 7) is 0. The van der Waals surface area contributed by atoms with Crippen LogP contribution in [0.25, 0.3) is 0 Å². The Labute approximate surface area is 126 Å². The van der Waals surface area contributed by atoms with Crippen molar-refractivity contribution >= 4 is 28.1 Å². The predicted molar refractivity (Wildman–Crippen MR) is 82.2 cm³/mol. The zero-order chi connectivity index (χ0) is 13.9. The van der Waals surface area contributed by atoms with Gasteiger partial charge < -0.3 is 9.88 Å². The van der Waals surface area contributed by atoms with Crippen molar-refractivity contribution < 1.29 is 0 Å². The second-order valence-corrected chi connectivity index (χ2v) is 5.70. The number of halogens is 1. The SMILES string of the molecule is Cn1ccnc1C(Nc1nccs1)c1cccc(Cl)c1. The summed E-state index contributed by atoms with van der Waals surface area (Å²) in [4.78, 5) is 8.72. The largest absolute Gasteiger partial charge is 0.348 e. The summed E-state index contributed by atoms with van der Waals surface area (Å²) in [5, 5.41) is 6.92. The van der Waals surface area contributed by atoms with Crippen molar-refractivity contribution in [2.75, 3.05) is 5.32 Å². The van der Waals surface area contributed by atoms with E-state index in [1.807, 2.05) is 47.5 Å². The third-order valence-electron chi connectivity index (χ3n) is 3.00. The smallest absolute Gasteiger partial charge is 0.183 e. The topological polar surface area (TPSA) is 42.7 Å². The minimum absolute atomic E-state index is 0.0835. The van der Waals surface area contributed by atoms with Crippen molar-refractivity contribution in [2.24, 2.45) is 7.05 Å². The molecule has 4 nitrogen and oxygen atoms in total. The molecule has 2 heterocycles. The highest BCUT2D eigenvalue weighted by atomic mass is 35.5. The number of aromatic nitrogens is 3. The van der Waals surface area contributed by atoms with Crippen LogP contribution in [0, 0.1) is 0 Å². The fourth-order valence-corrected chi connectivity index (χ4v) is 2.81. The Kier molecular flexibility index (Phi) is 3.71. The fraction of sp³-hybridized carbons (Fsp3) is 0.143. The van der Waals surface area contributed by atoms with Gasteiger partial charge in [0.25, 0.3) is 0 Å². The summed E-state index contributed by atoms with van der Waals surface area (Å²) in [5.74, 6) is 0.919. The van der Waals surface area contributed by atoms with Crippen LogP contribution in [0.3, 0.4) is 0 Å². The summed E-state index contributed by atoms with van der Waals surface area (Å²) in [5.41, 5.74) is 1.06.